The molecule has 1 fully saturated rings. The number of thiophene rings is 1. The molecule has 1 saturated heterocycles. The Morgan fingerprint density at radius 1 is 0.944 bits per heavy atom. The van der Waals surface area contributed by atoms with E-state index in [0.717, 1.165) is 45.9 Å². The predicted molar refractivity (Wildman–Crippen MR) is 143 cm³/mol. The van der Waals surface area contributed by atoms with Crippen molar-refractivity contribution in [3.63, 3.8) is 0 Å². The van der Waals surface area contributed by atoms with Gasteiger partial charge in [-0.2, -0.15) is 5.10 Å². The lowest BCUT2D eigenvalue weighted by Gasteiger charge is -2.35. The van der Waals surface area contributed by atoms with Crippen molar-refractivity contribution in [3.05, 3.63) is 95.3 Å². The Bertz CT molecular complexity index is 1500. The third kappa shape index (κ3) is 4.35. The SMILES string of the molecule is Cc1ccc(-c2nn(Cc3ccccc3)cc2C(=O)N2CCN(c3ncnc4sccc34)CC2)cc1. The van der Waals surface area contributed by atoms with Crippen molar-refractivity contribution in [2.75, 3.05) is 31.1 Å². The minimum absolute atomic E-state index is 0.0212. The zero-order valence-electron chi connectivity index (χ0n) is 20.0. The van der Waals surface area contributed by atoms with Crippen molar-refractivity contribution in [1.29, 1.82) is 0 Å². The highest BCUT2D eigenvalue weighted by Gasteiger charge is 2.27. The number of anilines is 1. The first-order valence-electron chi connectivity index (χ1n) is 12.1. The summed E-state index contributed by atoms with van der Waals surface area (Å²) in [4.78, 5) is 27.9. The van der Waals surface area contributed by atoms with Crippen molar-refractivity contribution < 1.29 is 4.79 Å². The maximum Gasteiger partial charge on any atom is 0.257 e. The maximum atomic E-state index is 13.8. The average molecular weight is 495 g/mol. The molecule has 36 heavy (non-hydrogen) atoms. The highest BCUT2D eigenvalue weighted by molar-refractivity contribution is 7.16. The Hall–Kier alpha value is -4.04. The molecule has 7 nitrogen and oxygen atoms in total. The summed E-state index contributed by atoms with van der Waals surface area (Å²) in [6.45, 7) is 5.39. The number of fused-ring (bicyclic) bond motifs is 1. The van der Waals surface area contributed by atoms with Gasteiger partial charge in [-0.25, -0.2) is 9.97 Å². The van der Waals surface area contributed by atoms with Gasteiger partial charge in [0, 0.05) is 37.9 Å². The largest absolute Gasteiger partial charge is 0.352 e. The third-order valence-corrected chi connectivity index (χ3v) is 7.43. The van der Waals surface area contributed by atoms with Crippen LogP contribution >= 0.6 is 11.3 Å². The molecule has 0 bridgehead atoms. The molecule has 1 amide bonds. The van der Waals surface area contributed by atoms with Crippen LogP contribution in [0.2, 0.25) is 0 Å². The number of aromatic nitrogens is 4. The Morgan fingerprint density at radius 3 is 2.50 bits per heavy atom. The van der Waals surface area contributed by atoms with E-state index in [4.69, 9.17) is 5.10 Å². The molecule has 1 aliphatic heterocycles. The van der Waals surface area contributed by atoms with Gasteiger partial charge in [-0.1, -0.05) is 60.2 Å². The van der Waals surface area contributed by atoms with Gasteiger partial charge in [-0.15, -0.1) is 11.3 Å². The Labute approximate surface area is 213 Å². The lowest BCUT2D eigenvalue weighted by atomic mass is 10.1. The smallest absolute Gasteiger partial charge is 0.257 e. The van der Waals surface area contributed by atoms with E-state index in [-0.39, 0.29) is 5.91 Å². The number of aryl methyl sites for hydroxylation is 1. The molecule has 8 heteroatoms. The highest BCUT2D eigenvalue weighted by atomic mass is 32.1. The third-order valence-electron chi connectivity index (χ3n) is 6.61. The van der Waals surface area contributed by atoms with Crippen LogP contribution in [0.15, 0.2) is 78.6 Å². The molecule has 0 aliphatic carbocycles. The van der Waals surface area contributed by atoms with E-state index >= 15 is 0 Å². The van der Waals surface area contributed by atoms with E-state index in [0.29, 0.717) is 25.2 Å². The van der Waals surface area contributed by atoms with Crippen LogP contribution in [-0.2, 0) is 6.54 Å². The van der Waals surface area contributed by atoms with Crippen LogP contribution in [0.5, 0.6) is 0 Å². The monoisotopic (exact) mass is 494 g/mol. The summed E-state index contributed by atoms with van der Waals surface area (Å²) in [5.41, 5.74) is 4.65. The van der Waals surface area contributed by atoms with Gasteiger partial charge in [0.25, 0.3) is 5.91 Å². The number of benzene rings is 2. The van der Waals surface area contributed by atoms with Crippen LogP contribution in [0.4, 0.5) is 5.82 Å². The number of piperazine rings is 1. The molecule has 6 rings (SSSR count). The van der Waals surface area contributed by atoms with E-state index in [2.05, 4.69) is 52.1 Å². The van der Waals surface area contributed by atoms with Gasteiger partial charge in [0.15, 0.2) is 0 Å². The first-order chi connectivity index (χ1) is 17.7. The van der Waals surface area contributed by atoms with Crippen LogP contribution in [0.1, 0.15) is 21.5 Å². The number of carbonyl (C=O) groups is 1. The quantitative estimate of drug-likeness (QED) is 0.349. The number of hydrogen-bond acceptors (Lipinski definition) is 6. The number of nitrogens with zero attached hydrogens (tertiary/aromatic N) is 6. The summed E-state index contributed by atoms with van der Waals surface area (Å²) in [7, 11) is 0. The van der Waals surface area contributed by atoms with E-state index in [9.17, 15) is 4.79 Å². The van der Waals surface area contributed by atoms with Crippen molar-refractivity contribution in [2.45, 2.75) is 13.5 Å². The van der Waals surface area contributed by atoms with Crippen molar-refractivity contribution >= 4 is 33.3 Å². The maximum absolute atomic E-state index is 13.8. The molecule has 0 spiro atoms. The summed E-state index contributed by atoms with van der Waals surface area (Å²) in [6, 6.07) is 20.5. The second-order valence-electron chi connectivity index (χ2n) is 9.06. The minimum Gasteiger partial charge on any atom is -0.352 e. The molecule has 4 heterocycles. The molecule has 1 aliphatic rings. The van der Waals surface area contributed by atoms with Gasteiger partial charge in [0.05, 0.1) is 17.5 Å². The minimum atomic E-state index is 0.0212. The molecule has 5 aromatic rings. The number of hydrogen-bond donors (Lipinski definition) is 0. The van der Waals surface area contributed by atoms with Crippen LogP contribution < -0.4 is 4.90 Å². The van der Waals surface area contributed by atoms with Gasteiger partial charge < -0.3 is 9.80 Å². The zero-order chi connectivity index (χ0) is 24.5. The summed E-state index contributed by atoms with van der Waals surface area (Å²) in [6.07, 6.45) is 3.52. The fraction of sp³-hybridized carbons (Fsp3) is 0.214. The Kier molecular flexibility index (Phi) is 5.95. The fourth-order valence-corrected chi connectivity index (χ4v) is 5.40. The second-order valence-corrected chi connectivity index (χ2v) is 9.95. The number of amides is 1. The Morgan fingerprint density at radius 2 is 1.72 bits per heavy atom. The first-order valence-corrected chi connectivity index (χ1v) is 12.9. The van der Waals surface area contributed by atoms with Crippen molar-refractivity contribution in [1.82, 2.24) is 24.6 Å². The summed E-state index contributed by atoms with van der Waals surface area (Å²) in [5, 5.41) is 7.97. The summed E-state index contributed by atoms with van der Waals surface area (Å²) in [5.74, 6) is 0.970. The molecule has 2 aromatic carbocycles. The van der Waals surface area contributed by atoms with Gasteiger partial charge in [-0.3, -0.25) is 9.48 Å². The second kappa shape index (κ2) is 9.54. The van der Waals surface area contributed by atoms with E-state index in [1.165, 1.54) is 5.56 Å². The molecule has 0 N–H and O–H groups in total. The van der Waals surface area contributed by atoms with Crippen LogP contribution in [0, 0.1) is 6.92 Å². The molecule has 0 atom stereocenters. The topological polar surface area (TPSA) is 67.2 Å². The zero-order valence-corrected chi connectivity index (χ0v) is 20.9. The van der Waals surface area contributed by atoms with Crippen LogP contribution in [-0.4, -0.2) is 56.7 Å². The molecule has 0 saturated carbocycles. The lowest BCUT2D eigenvalue weighted by Crippen LogP contribution is -2.49. The summed E-state index contributed by atoms with van der Waals surface area (Å²) < 4.78 is 1.88. The van der Waals surface area contributed by atoms with Crippen LogP contribution in [0.3, 0.4) is 0 Å². The molecular formula is C28H26N6OS. The van der Waals surface area contributed by atoms with Gasteiger partial charge in [-0.05, 0) is 23.9 Å². The van der Waals surface area contributed by atoms with E-state index < -0.39 is 0 Å². The predicted octanol–water partition coefficient (Wildman–Crippen LogP) is 4.87. The normalized spacial score (nSPS) is 13.9. The van der Waals surface area contributed by atoms with Gasteiger partial charge in [0.2, 0.25) is 0 Å². The van der Waals surface area contributed by atoms with E-state index in [1.54, 1.807) is 17.7 Å². The first kappa shape index (κ1) is 22.4. The van der Waals surface area contributed by atoms with Crippen molar-refractivity contribution in [2.24, 2.45) is 0 Å². The summed E-state index contributed by atoms with van der Waals surface area (Å²) >= 11 is 1.62. The molecular weight excluding hydrogens is 468 g/mol. The highest BCUT2D eigenvalue weighted by Crippen LogP contribution is 2.29. The number of carbonyl (C=O) groups excluding carboxylic acids is 1. The molecule has 0 radical (unpaired) electrons. The molecule has 0 unspecified atom stereocenters. The van der Waals surface area contributed by atoms with Crippen LogP contribution in [0.25, 0.3) is 21.5 Å². The molecule has 180 valence electrons. The lowest BCUT2D eigenvalue weighted by molar-refractivity contribution is 0.0747. The standard InChI is InChI=1S/C28H26N6OS/c1-20-7-9-22(10-8-20)25-24(18-34(31-25)17-21-5-3-2-4-6-21)28(35)33-14-12-32(13-15-33)26-23-11-16-36-27(23)30-19-29-26/h2-11,16,18-19H,12-15,17H2,1H3. The van der Waals surface area contributed by atoms with Gasteiger partial charge in [0.1, 0.15) is 22.7 Å². The fourth-order valence-electron chi connectivity index (χ4n) is 4.67. The van der Waals surface area contributed by atoms with Crippen molar-refractivity contribution in [3.8, 4) is 11.3 Å². The van der Waals surface area contributed by atoms with E-state index in [1.807, 2.05) is 51.5 Å². The average Bonchev–Trinajstić information content (AvgIpc) is 3.57. The van der Waals surface area contributed by atoms with Gasteiger partial charge >= 0.3 is 0 Å². The molecule has 3 aromatic heterocycles. The number of rotatable bonds is 5. The Balaban J connectivity index is 1.25.